The van der Waals surface area contributed by atoms with Crippen LogP contribution in [0.3, 0.4) is 0 Å². The van der Waals surface area contributed by atoms with Gasteiger partial charge in [0.25, 0.3) is 0 Å². The second-order valence-corrected chi connectivity index (χ2v) is 4.87. The monoisotopic (exact) mass is 234 g/mol. The highest BCUT2D eigenvalue weighted by Crippen LogP contribution is 2.38. The summed E-state index contributed by atoms with van der Waals surface area (Å²) >= 11 is 1.59. The summed E-state index contributed by atoms with van der Waals surface area (Å²) in [4.78, 5) is 0. The van der Waals surface area contributed by atoms with Crippen LogP contribution >= 0.6 is 11.3 Å². The zero-order valence-electron chi connectivity index (χ0n) is 9.27. The first kappa shape index (κ1) is 11.0. The third-order valence-electron chi connectivity index (χ3n) is 2.60. The number of hydrogen-bond donors (Lipinski definition) is 2. The van der Waals surface area contributed by atoms with Gasteiger partial charge in [-0.25, -0.2) is 0 Å². The average molecular weight is 234 g/mol. The summed E-state index contributed by atoms with van der Waals surface area (Å²) in [5.41, 5.74) is 2.63. The van der Waals surface area contributed by atoms with Gasteiger partial charge in [0.1, 0.15) is 11.5 Å². The summed E-state index contributed by atoms with van der Waals surface area (Å²) in [5.74, 6) is 0.518. The molecule has 2 N–H and O–H groups in total. The highest BCUT2D eigenvalue weighted by atomic mass is 32.1. The number of thiophene rings is 1. The Kier molecular flexibility index (Phi) is 2.88. The van der Waals surface area contributed by atoms with E-state index in [2.05, 4.69) is 0 Å². The summed E-state index contributed by atoms with van der Waals surface area (Å²) < 4.78 is 0. The molecule has 2 rings (SSSR count). The van der Waals surface area contributed by atoms with Gasteiger partial charge in [-0.15, -0.1) is 0 Å². The van der Waals surface area contributed by atoms with Gasteiger partial charge in [-0.2, -0.15) is 11.3 Å². The number of phenols is 2. The van der Waals surface area contributed by atoms with Crippen molar-refractivity contribution in [3.05, 3.63) is 34.5 Å². The topological polar surface area (TPSA) is 40.5 Å². The Morgan fingerprint density at radius 2 is 1.88 bits per heavy atom. The Morgan fingerprint density at radius 3 is 2.44 bits per heavy atom. The van der Waals surface area contributed by atoms with Gasteiger partial charge in [0, 0.05) is 11.6 Å². The van der Waals surface area contributed by atoms with E-state index in [4.69, 9.17) is 0 Å². The second-order valence-electron chi connectivity index (χ2n) is 4.09. The molecule has 2 aromatic rings. The third-order valence-corrected chi connectivity index (χ3v) is 3.28. The van der Waals surface area contributed by atoms with Crippen molar-refractivity contribution in [2.75, 3.05) is 0 Å². The molecule has 0 saturated carbocycles. The van der Waals surface area contributed by atoms with Crippen LogP contribution in [0.2, 0.25) is 0 Å². The van der Waals surface area contributed by atoms with E-state index in [0.29, 0.717) is 0 Å². The normalized spacial score (nSPS) is 10.9. The van der Waals surface area contributed by atoms with Crippen molar-refractivity contribution < 1.29 is 10.2 Å². The lowest BCUT2D eigenvalue weighted by Crippen LogP contribution is -1.89. The SMILES string of the molecule is CC(C)c1cc(-c2ccsc2)c(O)cc1O. The van der Waals surface area contributed by atoms with Gasteiger partial charge in [-0.05, 0) is 39.9 Å². The van der Waals surface area contributed by atoms with E-state index in [9.17, 15) is 10.2 Å². The Bertz CT molecular complexity index is 487. The lowest BCUT2D eigenvalue weighted by atomic mass is 9.97. The van der Waals surface area contributed by atoms with Gasteiger partial charge in [0.05, 0.1) is 0 Å². The molecule has 16 heavy (non-hydrogen) atoms. The van der Waals surface area contributed by atoms with E-state index in [0.717, 1.165) is 16.7 Å². The molecular weight excluding hydrogens is 220 g/mol. The molecule has 0 atom stereocenters. The molecule has 0 aliphatic rings. The Morgan fingerprint density at radius 1 is 1.12 bits per heavy atom. The van der Waals surface area contributed by atoms with Crippen LogP contribution in [0.25, 0.3) is 11.1 Å². The minimum atomic E-state index is 0.125. The molecular formula is C13H14O2S. The summed E-state index contributed by atoms with van der Waals surface area (Å²) in [7, 11) is 0. The Hall–Kier alpha value is -1.48. The van der Waals surface area contributed by atoms with Crippen molar-refractivity contribution in [2.24, 2.45) is 0 Å². The van der Waals surface area contributed by atoms with Gasteiger partial charge in [-0.3, -0.25) is 0 Å². The smallest absolute Gasteiger partial charge is 0.127 e. The molecule has 1 aromatic carbocycles. The summed E-state index contributed by atoms with van der Waals surface area (Å²) in [6, 6.07) is 5.24. The summed E-state index contributed by atoms with van der Waals surface area (Å²) in [6.07, 6.45) is 0. The zero-order valence-corrected chi connectivity index (χ0v) is 10.1. The lowest BCUT2D eigenvalue weighted by molar-refractivity contribution is 0.445. The summed E-state index contributed by atoms with van der Waals surface area (Å²) in [5, 5.41) is 23.5. The van der Waals surface area contributed by atoms with Crippen LogP contribution in [-0.2, 0) is 0 Å². The molecule has 0 radical (unpaired) electrons. The number of benzene rings is 1. The molecule has 0 unspecified atom stereocenters. The van der Waals surface area contributed by atoms with Gasteiger partial charge >= 0.3 is 0 Å². The van der Waals surface area contributed by atoms with Gasteiger partial charge < -0.3 is 10.2 Å². The van der Waals surface area contributed by atoms with E-state index >= 15 is 0 Å². The molecule has 2 nitrogen and oxygen atoms in total. The third kappa shape index (κ3) is 1.91. The molecule has 0 bridgehead atoms. The fourth-order valence-corrected chi connectivity index (χ4v) is 2.36. The molecule has 0 amide bonds. The standard InChI is InChI=1S/C13H14O2S/c1-8(2)10-5-11(9-3-4-16-7-9)13(15)6-12(10)14/h3-8,14-15H,1-2H3. The van der Waals surface area contributed by atoms with Crippen LogP contribution in [0.15, 0.2) is 29.0 Å². The predicted molar refractivity (Wildman–Crippen MR) is 67.2 cm³/mol. The first-order valence-electron chi connectivity index (χ1n) is 5.18. The van der Waals surface area contributed by atoms with Gasteiger partial charge in [-0.1, -0.05) is 13.8 Å². The molecule has 0 aliphatic heterocycles. The quantitative estimate of drug-likeness (QED) is 0.826. The molecule has 0 spiro atoms. The van der Waals surface area contributed by atoms with E-state index in [1.54, 1.807) is 11.3 Å². The van der Waals surface area contributed by atoms with Crippen LogP contribution in [0, 0.1) is 0 Å². The molecule has 84 valence electrons. The van der Waals surface area contributed by atoms with Gasteiger partial charge in [0.2, 0.25) is 0 Å². The predicted octanol–water partition coefficient (Wildman–Crippen LogP) is 3.95. The maximum Gasteiger partial charge on any atom is 0.127 e. The van der Waals surface area contributed by atoms with Crippen LogP contribution in [0.1, 0.15) is 25.3 Å². The molecule has 0 aliphatic carbocycles. The van der Waals surface area contributed by atoms with Crippen molar-refractivity contribution in [1.82, 2.24) is 0 Å². The van der Waals surface area contributed by atoms with Crippen molar-refractivity contribution >= 4 is 11.3 Å². The maximum absolute atomic E-state index is 9.81. The van der Waals surface area contributed by atoms with Crippen LogP contribution in [0.4, 0.5) is 0 Å². The number of hydrogen-bond acceptors (Lipinski definition) is 3. The van der Waals surface area contributed by atoms with Gasteiger partial charge in [0.15, 0.2) is 0 Å². The highest BCUT2D eigenvalue weighted by Gasteiger charge is 2.12. The molecule has 1 aromatic heterocycles. The lowest BCUT2D eigenvalue weighted by Gasteiger charge is -2.11. The highest BCUT2D eigenvalue weighted by molar-refractivity contribution is 7.08. The molecule has 0 fully saturated rings. The van der Waals surface area contributed by atoms with Crippen molar-refractivity contribution in [3.8, 4) is 22.6 Å². The zero-order chi connectivity index (χ0) is 11.7. The maximum atomic E-state index is 9.81. The van der Waals surface area contributed by atoms with Crippen LogP contribution < -0.4 is 0 Å². The summed E-state index contributed by atoms with van der Waals surface area (Å²) in [6.45, 7) is 4.03. The number of rotatable bonds is 2. The molecule has 0 saturated heterocycles. The van der Waals surface area contributed by atoms with E-state index in [-0.39, 0.29) is 17.4 Å². The molecule has 3 heteroatoms. The van der Waals surface area contributed by atoms with Crippen LogP contribution in [0.5, 0.6) is 11.5 Å². The largest absolute Gasteiger partial charge is 0.508 e. The molecule has 1 heterocycles. The number of phenolic OH excluding ortho intramolecular Hbond substituents is 2. The number of aromatic hydroxyl groups is 2. The minimum absolute atomic E-state index is 0.125. The first-order chi connectivity index (χ1) is 7.59. The Labute approximate surface area is 98.8 Å². The van der Waals surface area contributed by atoms with Crippen molar-refractivity contribution in [2.45, 2.75) is 19.8 Å². The fraction of sp³-hybridized carbons (Fsp3) is 0.231. The second kappa shape index (κ2) is 4.18. The Balaban J connectivity index is 2.58. The minimum Gasteiger partial charge on any atom is -0.508 e. The first-order valence-corrected chi connectivity index (χ1v) is 6.12. The van der Waals surface area contributed by atoms with Crippen molar-refractivity contribution in [1.29, 1.82) is 0 Å². The van der Waals surface area contributed by atoms with E-state index in [1.165, 1.54) is 6.07 Å². The van der Waals surface area contributed by atoms with Crippen LogP contribution in [-0.4, -0.2) is 10.2 Å². The average Bonchev–Trinajstić information content (AvgIpc) is 2.70. The van der Waals surface area contributed by atoms with E-state index in [1.807, 2.05) is 36.7 Å². The van der Waals surface area contributed by atoms with E-state index < -0.39 is 0 Å². The van der Waals surface area contributed by atoms with Crippen molar-refractivity contribution in [3.63, 3.8) is 0 Å². The fourth-order valence-electron chi connectivity index (χ4n) is 1.71.